The van der Waals surface area contributed by atoms with Crippen molar-refractivity contribution in [2.45, 2.75) is 13.3 Å². The summed E-state index contributed by atoms with van der Waals surface area (Å²) in [5.41, 5.74) is 0.395. The number of ketones is 1. The third-order valence-electron chi connectivity index (χ3n) is 2.68. The molecule has 0 atom stereocenters. The van der Waals surface area contributed by atoms with E-state index in [0.717, 1.165) is 0 Å². The number of carboxylic acids is 1. The average Bonchev–Trinajstić information content (AvgIpc) is 2.55. The number of aliphatic carboxylic acids is 1. The number of carbonyl (C=O) groups excluding carboxylic acids is 1. The van der Waals surface area contributed by atoms with Gasteiger partial charge in [-0.25, -0.2) is 0 Å². The number of carboxylic acid groups (broad SMARTS) is 1. The summed E-state index contributed by atoms with van der Waals surface area (Å²) in [7, 11) is 0. The number of nitro groups is 1. The highest BCUT2D eigenvalue weighted by molar-refractivity contribution is 6.11. The first-order valence-corrected chi connectivity index (χ1v) is 6.52. The van der Waals surface area contributed by atoms with Crippen LogP contribution in [0, 0.1) is 10.1 Å². The largest absolute Gasteiger partial charge is 0.481 e. The SMILES string of the molecule is CCC(=O)O.Cl.O=C(c1ccccc1)c1ccccc1[N+](=O)[O-]. The molecule has 1 N–H and O–H groups in total. The Morgan fingerprint density at radius 3 is 2.00 bits per heavy atom. The van der Waals surface area contributed by atoms with Gasteiger partial charge in [-0.15, -0.1) is 12.4 Å². The van der Waals surface area contributed by atoms with Crippen LogP contribution in [0.2, 0.25) is 0 Å². The van der Waals surface area contributed by atoms with Gasteiger partial charge in [-0.1, -0.05) is 49.4 Å². The summed E-state index contributed by atoms with van der Waals surface area (Å²) in [6.45, 7) is 1.60. The summed E-state index contributed by atoms with van der Waals surface area (Å²) in [5, 5.41) is 18.5. The Labute approximate surface area is 139 Å². The molecule has 0 aliphatic carbocycles. The highest BCUT2D eigenvalue weighted by atomic mass is 35.5. The van der Waals surface area contributed by atoms with Crippen molar-refractivity contribution in [3.8, 4) is 0 Å². The molecule has 0 unspecified atom stereocenters. The first-order valence-electron chi connectivity index (χ1n) is 6.52. The quantitative estimate of drug-likeness (QED) is 0.520. The van der Waals surface area contributed by atoms with Crippen LogP contribution in [0.5, 0.6) is 0 Å². The second-order valence-corrected chi connectivity index (χ2v) is 4.22. The molecule has 0 saturated carbocycles. The number of nitro benzene ring substituents is 1. The van der Waals surface area contributed by atoms with Gasteiger partial charge in [0.2, 0.25) is 0 Å². The van der Waals surface area contributed by atoms with Crippen LogP contribution in [0.25, 0.3) is 0 Å². The van der Waals surface area contributed by atoms with Crippen LogP contribution < -0.4 is 0 Å². The fourth-order valence-corrected chi connectivity index (χ4v) is 1.57. The van der Waals surface area contributed by atoms with Crippen molar-refractivity contribution < 1.29 is 19.6 Å². The summed E-state index contributed by atoms with van der Waals surface area (Å²) in [4.78, 5) is 31.7. The molecule has 0 heterocycles. The maximum absolute atomic E-state index is 12.1. The first-order chi connectivity index (χ1) is 10.5. The minimum absolute atomic E-state index is 0. The van der Waals surface area contributed by atoms with E-state index in [0.29, 0.717) is 5.56 Å². The average molecular weight is 338 g/mol. The van der Waals surface area contributed by atoms with Gasteiger partial charge in [0.1, 0.15) is 5.56 Å². The van der Waals surface area contributed by atoms with E-state index in [2.05, 4.69) is 0 Å². The van der Waals surface area contributed by atoms with Crippen LogP contribution in [-0.4, -0.2) is 21.8 Å². The van der Waals surface area contributed by atoms with Gasteiger partial charge in [-0.3, -0.25) is 19.7 Å². The number of halogens is 1. The molecule has 0 bridgehead atoms. The van der Waals surface area contributed by atoms with Crippen molar-refractivity contribution in [1.29, 1.82) is 0 Å². The van der Waals surface area contributed by atoms with E-state index in [1.165, 1.54) is 12.1 Å². The zero-order valence-corrected chi connectivity index (χ0v) is 13.2. The van der Waals surface area contributed by atoms with Crippen LogP contribution in [0.1, 0.15) is 29.3 Å². The van der Waals surface area contributed by atoms with E-state index in [9.17, 15) is 19.7 Å². The van der Waals surface area contributed by atoms with E-state index >= 15 is 0 Å². The molecular formula is C16H16ClNO5. The highest BCUT2D eigenvalue weighted by Crippen LogP contribution is 2.20. The molecule has 0 aromatic heterocycles. The Kier molecular flexibility index (Phi) is 8.88. The maximum Gasteiger partial charge on any atom is 0.303 e. The number of nitrogens with zero attached hydrogens (tertiary/aromatic N) is 1. The van der Waals surface area contributed by atoms with Crippen molar-refractivity contribution in [3.05, 3.63) is 75.8 Å². The van der Waals surface area contributed by atoms with Gasteiger partial charge in [0.05, 0.1) is 4.92 Å². The van der Waals surface area contributed by atoms with Crippen molar-refractivity contribution in [1.82, 2.24) is 0 Å². The van der Waals surface area contributed by atoms with E-state index in [-0.39, 0.29) is 35.9 Å². The number of para-hydroxylation sites is 1. The molecule has 0 aliphatic heterocycles. The molecule has 0 spiro atoms. The predicted molar refractivity (Wildman–Crippen MR) is 88.1 cm³/mol. The second kappa shape index (κ2) is 10.1. The van der Waals surface area contributed by atoms with Crippen molar-refractivity contribution in [3.63, 3.8) is 0 Å². The summed E-state index contributed by atoms with van der Waals surface area (Å²) >= 11 is 0. The molecule has 0 amide bonds. The van der Waals surface area contributed by atoms with Gasteiger partial charge in [0.25, 0.3) is 5.69 Å². The lowest BCUT2D eigenvalue weighted by Gasteiger charge is -2.01. The van der Waals surface area contributed by atoms with E-state index in [1.807, 2.05) is 0 Å². The van der Waals surface area contributed by atoms with Gasteiger partial charge in [0.15, 0.2) is 5.78 Å². The van der Waals surface area contributed by atoms with Gasteiger partial charge in [-0.05, 0) is 6.07 Å². The molecule has 6 nitrogen and oxygen atoms in total. The fourth-order valence-electron chi connectivity index (χ4n) is 1.57. The molecule has 2 aromatic rings. The van der Waals surface area contributed by atoms with Crippen molar-refractivity contribution >= 4 is 29.8 Å². The lowest BCUT2D eigenvalue weighted by Crippen LogP contribution is -2.04. The van der Waals surface area contributed by atoms with Gasteiger partial charge in [-0.2, -0.15) is 0 Å². The van der Waals surface area contributed by atoms with Crippen LogP contribution in [0.4, 0.5) is 5.69 Å². The van der Waals surface area contributed by atoms with Crippen LogP contribution in [0.3, 0.4) is 0 Å². The molecule has 0 fully saturated rings. The Balaban J connectivity index is 0.000000709. The van der Waals surface area contributed by atoms with Gasteiger partial charge >= 0.3 is 5.97 Å². The number of hydrogen-bond donors (Lipinski definition) is 1. The standard InChI is InChI=1S/C13H9NO3.C3H6O2.ClH/c15-13(10-6-2-1-3-7-10)11-8-4-5-9-12(11)14(16)17;1-2-3(4)5;/h1-9H;2H2,1H3,(H,4,5);1H. The Morgan fingerprint density at radius 2 is 1.52 bits per heavy atom. The molecular weight excluding hydrogens is 322 g/mol. The summed E-state index contributed by atoms with van der Waals surface area (Å²) in [5.74, 6) is -1.08. The molecule has 0 radical (unpaired) electrons. The molecule has 2 rings (SSSR count). The third-order valence-corrected chi connectivity index (χ3v) is 2.68. The lowest BCUT2D eigenvalue weighted by atomic mass is 10.0. The zero-order chi connectivity index (χ0) is 16.5. The molecule has 7 heteroatoms. The number of carbonyl (C=O) groups is 2. The number of benzene rings is 2. The second-order valence-electron chi connectivity index (χ2n) is 4.22. The lowest BCUT2D eigenvalue weighted by molar-refractivity contribution is -0.385. The van der Waals surface area contributed by atoms with E-state index in [1.54, 1.807) is 49.4 Å². The number of hydrogen-bond acceptors (Lipinski definition) is 4. The van der Waals surface area contributed by atoms with Crippen molar-refractivity contribution in [2.75, 3.05) is 0 Å². The fraction of sp³-hybridized carbons (Fsp3) is 0.125. The predicted octanol–water partition coefficient (Wildman–Crippen LogP) is 3.73. The molecule has 122 valence electrons. The zero-order valence-electron chi connectivity index (χ0n) is 12.3. The molecule has 0 saturated heterocycles. The third kappa shape index (κ3) is 6.27. The van der Waals surface area contributed by atoms with Crippen LogP contribution in [-0.2, 0) is 4.79 Å². The van der Waals surface area contributed by atoms with Crippen molar-refractivity contribution in [2.24, 2.45) is 0 Å². The van der Waals surface area contributed by atoms with E-state index in [4.69, 9.17) is 5.11 Å². The minimum atomic E-state index is -0.745. The van der Waals surface area contributed by atoms with E-state index < -0.39 is 10.9 Å². The summed E-state index contributed by atoms with van der Waals surface area (Å²) < 4.78 is 0. The Morgan fingerprint density at radius 1 is 1.04 bits per heavy atom. The Bertz CT molecular complexity index is 673. The summed E-state index contributed by atoms with van der Waals surface area (Å²) in [6, 6.07) is 14.5. The Hall–Kier alpha value is -2.73. The highest BCUT2D eigenvalue weighted by Gasteiger charge is 2.19. The van der Waals surface area contributed by atoms with Gasteiger partial charge in [0, 0.05) is 18.1 Å². The number of rotatable bonds is 4. The van der Waals surface area contributed by atoms with Crippen LogP contribution in [0.15, 0.2) is 54.6 Å². The normalized spacial score (nSPS) is 8.91. The topological polar surface area (TPSA) is 97.5 Å². The molecule has 0 aliphatic rings. The van der Waals surface area contributed by atoms with Crippen LogP contribution >= 0.6 is 12.4 Å². The smallest absolute Gasteiger partial charge is 0.303 e. The molecule has 23 heavy (non-hydrogen) atoms. The first kappa shape index (κ1) is 20.3. The van der Waals surface area contributed by atoms with Gasteiger partial charge < -0.3 is 5.11 Å². The molecule has 2 aromatic carbocycles. The monoisotopic (exact) mass is 337 g/mol. The summed E-state index contributed by atoms with van der Waals surface area (Å²) in [6.07, 6.45) is 0.222. The minimum Gasteiger partial charge on any atom is -0.481 e. The maximum atomic E-state index is 12.1.